The van der Waals surface area contributed by atoms with Crippen molar-refractivity contribution < 1.29 is 28.6 Å². The molecule has 74 heavy (non-hydrogen) atoms. The fraction of sp³-hybridized carbons (Fsp3) is 0.926. The van der Waals surface area contributed by atoms with Crippen molar-refractivity contribution in [1.82, 2.24) is 0 Å². The third-order valence-corrected chi connectivity index (χ3v) is 15.5. The second-order valence-corrected chi connectivity index (χ2v) is 23.1. The van der Waals surface area contributed by atoms with Crippen LogP contribution in [-0.4, -0.2) is 37.2 Å². The van der Waals surface area contributed by atoms with Gasteiger partial charge in [0.25, 0.3) is 0 Å². The Morgan fingerprint density at radius 2 is 0.446 bits per heavy atom. The Kier molecular flexibility index (Phi) is 62.1. The molecule has 0 aromatic heterocycles. The first kappa shape index (κ1) is 72.2. The van der Waals surface area contributed by atoms with Gasteiger partial charge < -0.3 is 14.2 Å². The Balaban J connectivity index is 4.27. The van der Waals surface area contributed by atoms with E-state index < -0.39 is 6.10 Å². The van der Waals surface area contributed by atoms with Gasteiger partial charge >= 0.3 is 17.9 Å². The molecule has 0 N–H and O–H groups in total. The highest BCUT2D eigenvalue weighted by Gasteiger charge is 2.19. The van der Waals surface area contributed by atoms with Gasteiger partial charge in [-0.25, -0.2) is 0 Å². The van der Waals surface area contributed by atoms with E-state index in [1.165, 1.54) is 283 Å². The number of hydrogen-bond acceptors (Lipinski definition) is 6. The lowest BCUT2D eigenvalue weighted by Crippen LogP contribution is -2.30. The van der Waals surface area contributed by atoms with Crippen molar-refractivity contribution in [1.29, 1.82) is 0 Å². The number of carbonyl (C=O) groups is 3. The summed E-state index contributed by atoms with van der Waals surface area (Å²) in [6.45, 7) is 6.72. The topological polar surface area (TPSA) is 78.9 Å². The van der Waals surface area contributed by atoms with Gasteiger partial charge in [-0.1, -0.05) is 335 Å². The molecule has 0 spiro atoms. The minimum Gasteiger partial charge on any atom is -0.462 e. The Bertz CT molecular complexity index is 1150. The molecule has 1 unspecified atom stereocenters. The predicted molar refractivity (Wildman–Crippen MR) is 321 cm³/mol. The molecule has 0 saturated heterocycles. The molecule has 0 heterocycles. The number of esters is 3. The van der Waals surface area contributed by atoms with Crippen LogP contribution >= 0.6 is 0 Å². The first-order valence-corrected chi connectivity index (χ1v) is 33.7. The summed E-state index contributed by atoms with van der Waals surface area (Å²) in [5.74, 6) is -0.840. The van der Waals surface area contributed by atoms with E-state index in [1.54, 1.807) is 0 Å². The summed E-state index contributed by atoms with van der Waals surface area (Å²) in [4.78, 5) is 38.4. The van der Waals surface area contributed by atoms with E-state index in [1.807, 2.05) is 0 Å². The van der Waals surface area contributed by atoms with Crippen molar-refractivity contribution in [3.05, 3.63) is 12.2 Å². The maximum absolute atomic E-state index is 12.9. The summed E-state index contributed by atoms with van der Waals surface area (Å²) in [6.07, 6.45) is 75.1. The highest BCUT2D eigenvalue weighted by molar-refractivity contribution is 5.71. The van der Waals surface area contributed by atoms with Gasteiger partial charge in [-0.15, -0.1) is 0 Å². The smallest absolute Gasteiger partial charge is 0.306 e. The summed E-state index contributed by atoms with van der Waals surface area (Å²) in [7, 11) is 0. The quantitative estimate of drug-likeness (QED) is 0.0261. The number of allylic oxidation sites excluding steroid dienone is 2. The zero-order valence-electron chi connectivity index (χ0n) is 50.4. The number of ether oxygens (including phenoxy) is 3. The summed E-state index contributed by atoms with van der Waals surface area (Å²) in [6, 6.07) is 0. The predicted octanol–water partition coefficient (Wildman–Crippen LogP) is 22.8. The van der Waals surface area contributed by atoms with E-state index >= 15 is 0 Å². The second kappa shape index (κ2) is 63.7. The second-order valence-electron chi connectivity index (χ2n) is 23.1. The Labute approximate surface area is 462 Å². The third-order valence-electron chi connectivity index (χ3n) is 15.5. The molecule has 0 aliphatic carbocycles. The van der Waals surface area contributed by atoms with Gasteiger partial charge in [0.1, 0.15) is 13.2 Å². The van der Waals surface area contributed by atoms with Crippen LogP contribution in [0.5, 0.6) is 0 Å². The van der Waals surface area contributed by atoms with Gasteiger partial charge in [0.15, 0.2) is 6.10 Å². The summed E-state index contributed by atoms with van der Waals surface area (Å²) >= 11 is 0. The Morgan fingerprint density at radius 1 is 0.257 bits per heavy atom. The maximum Gasteiger partial charge on any atom is 0.306 e. The van der Waals surface area contributed by atoms with Crippen LogP contribution in [-0.2, 0) is 28.6 Å². The van der Waals surface area contributed by atoms with Crippen molar-refractivity contribution >= 4 is 17.9 Å². The molecule has 0 radical (unpaired) electrons. The zero-order chi connectivity index (χ0) is 53.6. The van der Waals surface area contributed by atoms with Crippen LogP contribution in [0, 0.1) is 0 Å². The minimum atomic E-state index is -0.769. The van der Waals surface area contributed by atoms with Gasteiger partial charge in [0.05, 0.1) is 0 Å². The fourth-order valence-corrected chi connectivity index (χ4v) is 10.4. The molecule has 0 aromatic rings. The molecule has 6 heteroatoms. The van der Waals surface area contributed by atoms with Gasteiger partial charge in [-0.3, -0.25) is 14.4 Å². The molecule has 0 aliphatic heterocycles. The van der Waals surface area contributed by atoms with Crippen LogP contribution in [0.4, 0.5) is 0 Å². The SMILES string of the molecule is CCCCCCCC/C=C\CCCCCCCC(=O)OCC(COC(=O)CCCCCCCCCCCCCCCCCCCCCCC)OC(=O)CCCCCCCCCCCCCCCCCCCCCC. The van der Waals surface area contributed by atoms with Crippen molar-refractivity contribution in [2.24, 2.45) is 0 Å². The largest absolute Gasteiger partial charge is 0.462 e. The maximum atomic E-state index is 12.9. The molecular formula is C68H130O6. The molecular weight excluding hydrogens is 913 g/mol. The molecule has 0 bridgehead atoms. The average molecular weight is 1040 g/mol. The molecule has 0 amide bonds. The van der Waals surface area contributed by atoms with Crippen LogP contribution in [0.2, 0.25) is 0 Å². The summed E-state index contributed by atoms with van der Waals surface area (Å²) in [5.41, 5.74) is 0. The van der Waals surface area contributed by atoms with E-state index in [4.69, 9.17) is 14.2 Å². The molecule has 0 rings (SSSR count). The lowest BCUT2D eigenvalue weighted by molar-refractivity contribution is -0.167. The van der Waals surface area contributed by atoms with E-state index in [0.717, 1.165) is 64.2 Å². The van der Waals surface area contributed by atoms with E-state index in [9.17, 15) is 14.4 Å². The average Bonchev–Trinajstić information content (AvgIpc) is 3.40. The Hall–Kier alpha value is -1.85. The molecule has 0 aliphatic rings. The van der Waals surface area contributed by atoms with Crippen molar-refractivity contribution in [2.75, 3.05) is 13.2 Å². The first-order valence-electron chi connectivity index (χ1n) is 33.7. The molecule has 0 fully saturated rings. The molecule has 1 atom stereocenters. The molecule has 6 nitrogen and oxygen atoms in total. The summed E-state index contributed by atoms with van der Waals surface area (Å²) < 4.78 is 17.0. The fourth-order valence-electron chi connectivity index (χ4n) is 10.4. The lowest BCUT2D eigenvalue weighted by Gasteiger charge is -2.18. The first-order chi connectivity index (χ1) is 36.5. The number of hydrogen-bond donors (Lipinski definition) is 0. The highest BCUT2D eigenvalue weighted by Crippen LogP contribution is 2.19. The molecule has 438 valence electrons. The van der Waals surface area contributed by atoms with E-state index in [-0.39, 0.29) is 31.1 Å². The van der Waals surface area contributed by atoms with Crippen LogP contribution < -0.4 is 0 Å². The van der Waals surface area contributed by atoms with Crippen LogP contribution in [0.3, 0.4) is 0 Å². The van der Waals surface area contributed by atoms with Gasteiger partial charge in [-0.05, 0) is 44.9 Å². The molecule has 0 saturated carbocycles. The monoisotopic (exact) mass is 1040 g/mol. The zero-order valence-corrected chi connectivity index (χ0v) is 50.4. The minimum absolute atomic E-state index is 0.0657. The van der Waals surface area contributed by atoms with Gasteiger partial charge in [0, 0.05) is 19.3 Å². The van der Waals surface area contributed by atoms with Crippen molar-refractivity contribution in [2.45, 2.75) is 393 Å². The number of unbranched alkanes of at least 4 members (excludes halogenated alkanes) is 50. The molecule has 0 aromatic carbocycles. The Morgan fingerprint density at radius 3 is 0.676 bits per heavy atom. The van der Waals surface area contributed by atoms with Crippen LogP contribution in [0.25, 0.3) is 0 Å². The van der Waals surface area contributed by atoms with Crippen molar-refractivity contribution in [3.8, 4) is 0 Å². The normalized spacial score (nSPS) is 12.0. The standard InChI is InChI=1S/C68H130O6/c1-4-7-10-13-16-19-22-25-28-30-32-34-36-37-40-43-46-49-52-55-58-61-67(70)73-64-65(63-72-66(69)60-57-54-51-48-45-42-39-27-24-21-18-15-12-9-6-3)74-68(71)62-59-56-53-50-47-44-41-38-35-33-31-29-26-23-20-17-14-11-8-5-2/h27,39,65H,4-26,28-38,40-64H2,1-3H3/b39-27-. The highest BCUT2D eigenvalue weighted by atomic mass is 16.6. The number of rotatable bonds is 63. The van der Waals surface area contributed by atoms with Crippen molar-refractivity contribution in [3.63, 3.8) is 0 Å². The van der Waals surface area contributed by atoms with Gasteiger partial charge in [-0.2, -0.15) is 0 Å². The van der Waals surface area contributed by atoms with E-state index in [2.05, 4.69) is 32.9 Å². The number of carbonyl (C=O) groups excluding carboxylic acids is 3. The van der Waals surface area contributed by atoms with Crippen LogP contribution in [0.1, 0.15) is 387 Å². The van der Waals surface area contributed by atoms with Gasteiger partial charge in [0.2, 0.25) is 0 Å². The lowest BCUT2D eigenvalue weighted by atomic mass is 10.0. The van der Waals surface area contributed by atoms with E-state index in [0.29, 0.717) is 19.3 Å². The van der Waals surface area contributed by atoms with Crippen LogP contribution in [0.15, 0.2) is 12.2 Å². The third kappa shape index (κ3) is 61.0. The summed E-state index contributed by atoms with van der Waals surface area (Å²) in [5, 5.41) is 0.